The van der Waals surface area contributed by atoms with Crippen LogP contribution in [0.25, 0.3) is 0 Å². The molecule has 1 saturated heterocycles. The van der Waals surface area contributed by atoms with Crippen LogP contribution in [-0.4, -0.2) is 41.3 Å². The Balaban J connectivity index is 2.19. The summed E-state index contributed by atoms with van der Waals surface area (Å²) in [7, 11) is 3.88. The van der Waals surface area contributed by atoms with Crippen molar-refractivity contribution in [2.45, 2.75) is 0 Å². The number of carbonyl (C=O) groups is 1. The zero-order valence-corrected chi connectivity index (χ0v) is 12.8. The lowest BCUT2D eigenvalue weighted by Crippen LogP contribution is -2.22. The zero-order chi connectivity index (χ0) is 14.0. The van der Waals surface area contributed by atoms with E-state index in [0.29, 0.717) is 15.1 Å². The third-order valence-corrected chi connectivity index (χ3v) is 4.21. The lowest BCUT2D eigenvalue weighted by atomic mass is 10.2. The summed E-state index contributed by atoms with van der Waals surface area (Å²) in [5, 5.41) is 5.91. The Labute approximate surface area is 126 Å². The van der Waals surface area contributed by atoms with Gasteiger partial charge in [0.25, 0.3) is 5.91 Å². The summed E-state index contributed by atoms with van der Waals surface area (Å²) >= 11 is 12.5. The topological polar surface area (TPSA) is 35.9 Å². The van der Waals surface area contributed by atoms with Gasteiger partial charge in [-0.2, -0.15) is 10.1 Å². The number of amides is 1. The highest BCUT2D eigenvalue weighted by atomic mass is 35.5. The standard InChI is InChI=1S/C12H12ClN3OS2/c1-15(2)9-4-3-8(10(13)5-9)6-14-16-11(17)7-19-12(16)18/h3-6H,7H2,1-2H3. The molecule has 0 bridgehead atoms. The first-order valence-electron chi connectivity index (χ1n) is 5.49. The molecule has 1 amide bonds. The second kappa shape index (κ2) is 5.90. The zero-order valence-electron chi connectivity index (χ0n) is 10.5. The molecule has 1 aromatic rings. The number of halogens is 1. The van der Waals surface area contributed by atoms with Crippen molar-refractivity contribution in [1.82, 2.24) is 5.01 Å². The third kappa shape index (κ3) is 3.26. The van der Waals surface area contributed by atoms with Crippen molar-refractivity contribution in [3.8, 4) is 0 Å². The second-order valence-electron chi connectivity index (χ2n) is 4.10. The number of hydrogen-bond donors (Lipinski definition) is 0. The molecule has 1 aromatic carbocycles. The second-order valence-corrected chi connectivity index (χ2v) is 6.12. The van der Waals surface area contributed by atoms with Crippen LogP contribution >= 0.6 is 35.6 Å². The van der Waals surface area contributed by atoms with E-state index in [1.54, 1.807) is 6.21 Å². The summed E-state index contributed by atoms with van der Waals surface area (Å²) in [6, 6.07) is 5.64. The van der Waals surface area contributed by atoms with Crippen molar-refractivity contribution in [2.75, 3.05) is 24.7 Å². The van der Waals surface area contributed by atoms with Gasteiger partial charge in [0.1, 0.15) is 0 Å². The van der Waals surface area contributed by atoms with Gasteiger partial charge in [-0.25, -0.2) is 0 Å². The van der Waals surface area contributed by atoms with Gasteiger partial charge in [-0.15, -0.1) is 0 Å². The Morgan fingerprint density at radius 2 is 2.26 bits per heavy atom. The van der Waals surface area contributed by atoms with E-state index < -0.39 is 0 Å². The van der Waals surface area contributed by atoms with Crippen LogP contribution in [0.15, 0.2) is 23.3 Å². The molecular formula is C12H12ClN3OS2. The molecule has 1 fully saturated rings. The van der Waals surface area contributed by atoms with E-state index in [1.807, 2.05) is 37.2 Å². The Morgan fingerprint density at radius 1 is 1.53 bits per heavy atom. The minimum atomic E-state index is -0.104. The summed E-state index contributed by atoms with van der Waals surface area (Å²) < 4.78 is 0.474. The molecule has 1 aliphatic heterocycles. The number of rotatable bonds is 3. The number of anilines is 1. The maximum absolute atomic E-state index is 11.5. The molecule has 19 heavy (non-hydrogen) atoms. The Kier molecular flexibility index (Phi) is 4.44. The normalized spacial score (nSPS) is 15.6. The third-order valence-electron chi connectivity index (χ3n) is 2.54. The van der Waals surface area contributed by atoms with Crippen LogP contribution in [0.2, 0.25) is 5.02 Å². The number of hydrogen-bond acceptors (Lipinski definition) is 5. The van der Waals surface area contributed by atoms with Crippen LogP contribution in [-0.2, 0) is 4.79 Å². The molecule has 7 heteroatoms. The van der Waals surface area contributed by atoms with Crippen molar-refractivity contribution in [3.05, 3.63) is 28.8 Å². The predicted octanol–water partition coefficient (Wildman–Crippen LogP) is 2.60. The first kappa shape index (κ1) is 14.3. The number of benzene rings is 1. The summed E-state index contributed by atoms with van der Waals surface area (Å²) in [5.74, 6) is 0.246. The molecule has 0 N–H and O–H groups in total. The van der Waals surface area contributed by atoms with Crippen molar-refractivity contribution in [2.24, 2.45) is 5.10 Å². The number of hydrazone groups is 1. The Morgan fingerprint density at radius 3 is 2.79 bits per heavy atom. The van der Waals surface area contributed by atoms with Crippen molar-refractivity contribution in [1.29, 1.82) is 0 Å². The SMILES string of the molecule is CN(C)c1ccc(C=NN2C(=O)CSC2=S)c(Cl)c1. The Hall–Kier alpha value is -1.11. The van der Waals surface area contributed by atoms with E-state index in [0.717, 1.165) is 11.3 Å². The van der Waals surface area contributed by atoms with E-state index in [4.69, 9.17) is 23.8 Å². The largest absolute Gasteiger partial charge is 0.378 e. The highest BCUT2D eigenvalue weighted by Crippen LogP contribution is 2.23. The highest BCUT2D eigenvalue weighted by molar-refractivity contribution is 8.23. The molecule has 0 radical (unpaired) electrons. The van der Waals surface area contributed by atoms with E-state index in [9.17, 15) is 4.79 Å². The molecular weight excluding hydrogens is 302 g/mol. The molecule has 0 spiro atoms. The average Bonchev–Trinajstić information content (AvgIpc) is 2.68. The smallest absolute Gasteiger partial charge is 0.259 e. The molecule has 0 aliphatic carbocycles. The molecule has 1 heterocycles. The molecule has 0 saturated carbocycles. The van der Waals surface area contributed by atoms with E-state index in [1.165, 1.54) is 16.8 Å². The summed E-state index contributed by atoms with van der Waals surface area (Å²) in [5.41, 5.74) is 1.75. The van der Waals surface area contributed by atoms with Gasteiger partial charge in [0.15, 0.2) is 4.32 Å². The summed E-state index contributed by atoms with van der Waals surface area (Å²) in [6.45, 7) is 0. The van der Waals surface area contributed by atoms with Crippen LogP contribution in [0.4, 0.5) is 5.69 Å². The fourth-order valence-electron chi connectivity index (χ4n) is 1.48. The molecule has 1 aliphatic rings. The van der Waals surface area contributed by atoms with Gasteiger partial charge in [0.2, 0.25) is 0 Å². The molecule has 0 unspecified atom stereocenters. The summed E-state index contributed by atoms with van der Waals surface area (Å²) in [4.78, 5) is 13.5. The number of thioether (sulfide) groups is 1. The maximum Gasteiger partial charge on any atom is 0.259 e. The fraction of sp³-hybridized carbons (Fsp3) is 0.250. The van der Waals surface area contributed by atoms with Gasteiger partial charge in [0, 0.05) is 25.3 Å². The van der Waals surface area contributed by atoms with E-state index in [-0.39, 0.29) is 5.91 Å². The van der Waals surface area contributed by atoms with Gasteiger partial charge in [0.05, 0.1) is 17.0 Å². The van der Waals surface area contributed by atoms with Gasteiger partial charge in [-0.1, -0.05) is 35.6 Å². The van der Waals surface area contributed by atoms with Crippen LogP contribution in [0.5, 0.6) is 0 Å². The number of carbonyl (C=O) groups excluding carboxylic acids is 1. The first-order valence-corrected chi connectivity index (χ1v) is 7.27. The van der Waals surface area contributed by atoms with Gasteiger partial charge >= 0.3 is 0 Å². The van der Waals surface area contributed by atoms with Crippen LogP contribution in [0, 0.1) is 0 Å². The van der Waals surface area contributed by atoms with Crippen LogP contribution in [0.3, 0.4) is 0 Å². The molecule has 0 atom stereocenters. The van der Waals surface area contributed by atoms with Gasteiger partial charge < -0.3 is 4.90 Å². The monoisotopic (exact) mass is 313 g/mol. The highest BCUT2D eigenvalue weighted by Gasteiger charge is 2.25. The Bertz CT molecular complexity index is 544. The molecule has 4 nitrogen and oxygen atoms in total. The average molecular weight is 314 g/mol. The minimum Gasteiger partial charge on any atom is -0.378 e. The van der Waals surface area contributed by atoms with Crippen molar-refractivity contribution >= 4 is 57.7 Å². The minimum absolute atomic E-state index is 0.104. The molecule has 2 rings (SSSR count). The summed E-state index contributed by atoms with van der Waals surface area (Å²) in [6.07, 6.45) is 1.55. The lowest BCUT2D eigenvalue weighted by molar-refractivity contribution is -0.123. The number of nitrogens with zero attached hydrogens (tertiary/aromatic N) is 3. The quantitative estimate of drug-likeness (QED) is 0.635. The van der Waals surface area contributed by atoms with Crippen molar-refractivity contribution in [3.63, 3.8) is 0 Å². The van der Waals surface area contributed by atoms with Crippen LogP contribution < -0.4 is 4.90 Å². The first-order chi connectivity index (χ1) is 8.99. The molecule has 0 aromatic heterocycles. The lowest BCUT2D eigenvalue weighted by Gasteiger charge is -2.13. The molecule has 100 valence electrons. The van der Waals surface area contributed by atoms with Gasteiger partial charge in [-0.3, -0.25) is 4.79 Å². The van der Waals surface area contributed by atoms with Crippen LogP contribution in [0.1, 0.15) is 5.56 Å². The predicted molar refractivity (Wildman–Crippen MR) is 85.3 cm³/mol. The van der Waals surface area contributed by atoms with E-state index in [2.05, 4.69) is 5.10 Å². The van der Waals surface area contributed by atoms with E-state index >= 15 is 0 Å². The maximum atomic E-state index is 11.5. The number of thiocarbonyl (C=S) groups is 1. The fourth-order valence-corrected chi connectivity index (χ4v) is 2.67. The van der Waals surface area contributed by atoms with Gasteiger partial charge in [-0.05, 0) is 18.2 Å². The van der Waals surface area contributed by atoms with Crippen molar-refractivity contribution < 1.29 is 4.79 Å².